The number of nitrogens with two attached hydrogens (primary N) is 1. The molecule has 112 valence electrons. The van der Waals surface area contributed by atoms with Gasteiger partial charge in [0.05, 0.1) is 12.3 Å². The molecule has 1 amide bonds. The third-order valence-corrected chi connectivity index (χ3v) is 4.11. The minimum Gasteiger partial charge on any atom is -0.325 e. The first-order valence-corrected chi connectivity index (χ1v) is 7.72. The van der Waals surface area contributed by atoms with E-state index in [1.54, 1.807) is 4.57 Å². The molecule has 0 spiro atoms. The van der Waals surface area contributed by atoms with Crippen LogP contribution in [0.3, 0.4) is 0 Å². The van der Waals surface area contributed by atoms with Crippen LogP contribution in [-0.4, -0.2) is 26.4 Å². The van der Waals surface area contributed by atoms with Crippen molar-refractivity contribution in [3.05, 3.63) is 35.7 Å². The predicted octanol–water partition coefficient (Wildman–Crippen LogP) is 1.57. The highest BCUT2D eigenvalue weighted by atomic mass is 32.2. The average Bonchev–Trinajstić information content (AvgIpc) is 2.86. The van der Waals surface area contributed by atoms with Gasteiger partial charge in [-0.05, 0) is 24.1 Å². The van der Waals surface area contributed by atoms with Crippen LogP contribution in [-0.2, 0) is 24.8 Å². The number of aromatic nitrogens is 3. The standard InChI is InChI=1S/C14H19N5OS/c1-3-10-4-6-11(7-5-10)16-13(20)9-21-14-18-17-12(8-15)19(14)2/h4-7H,3,8-9,15H2,1-2H3,(H,16,20). The van der Waals surface area contributed by atoms with Crippen LogP contribution in [0.5, 0.6) is 0 Å². The maximum atomic E-state index is 11.9. The number of hydrogen-bond acceptors (Lipinski definition) is 5. The molecule has 0 fully saturated rings. The molecule has 0 aliphatic heterocycles. The summed E-state index contributed by atoms with van der Waals surface area (Å²) >= 11 is 1.34. The fourth-order valence-corrected chi connectivity index (χ4v) is 2.53. The van der Waals surface area contributed by atoms with Crippen molar-refractivity contribution >= 4 is 23.4 Å². The lowest BCUT2D eigenvalue weighted by Gasteiger charge is -2.06. The molecular weight excluding hydrogens is 286 g/mol. The highest BCUT2D eigenvalue weighted by molar-refractivity contribution is 7.99. The number of thioether (sulfide) groups is 1. The SMILES string of the molecule is CCc1ccc(NC(=O)CSc2nnc(CN)n2C)cc1. The van der Waals surface area contributed by atoms with Gasteiger partial charge in [0.15, 0.2) is 5.16 Å². The molecule has 2 rings (SSSR count). The molecule has 2 aromatic rings. The summed E-state index contributed by atoms with van der Waals surface area (Å²) in [4.78, 5) is 11.9. The second-order valence-electron chi connectivity index (χ2n) is 4.55. The number of hydrogen-bond donors (Lipinski definition) is 2. The van der Waals surface area contributed by atoms with Gasteiger partial charge in [0, 0.05) is 12.7 Å². The van der Waals surface area contributed by atoms with E-state index in [1.165, 1.54) is 17.3 Å². The highest BCUT2D eigenvalue weighted by Crippen LogP contribution is 2.16. The number of nitrogens with zero attached hydrogens (tertiary/aromatic N) is 3. The van der Waals surface area contributed by atoms with E-state index < -0.39 is 0 Å². The highest BCUT2D eigenvalue weighted by Gasteiger charge is 2.10. The number of nitrogens with one attached hydrogen (secondary N) is 1. The number of anilines is 1. The Labute approximate surface area is 128 Å². The Morgan fingerprint density at radius 2 is 2.05 bits per heavy atom. The van der Waals surface area contributed by atoms with E-state index in [2.05, 4.69) is 22.4 Å². The van der Waals surface area contributed by atoms with Crippen LogP contribution in [0.1, 0.15) is 18.3 Å². The fraction of sp³-hybridized carbons (Fsp3) is 0.357. The third-order valence-electron chi connectivity index (χ3n) is 3.09. The number of carbonyl (C=O) groups is 1. The molecule has 6 nitrogen and oxygen atoms in total. The Morgan fingerprint density at radius 1 is 1.33 bits per heavy atom. The van der Waals surface area contributed by atoms with Crippen molar-refractivity contribution in [3.63, 3.8) is 0 Å². The monoisotopic (exact) mass is 305 g/mol. The summed E-state index contributed by atoms with van der Waals surface area (Å²) in [5.41, 5.74) is 7.58. The van der Waals surface area contributed by atoms with Crippen LogP contribution in [0.4, 0.5) is 5.69 Å². The summed E-state index contributed by atoms with van der Waals surface area (Å²) < 4.78 is 1.80. The minimum atomic E-state index is -0.0680. The first-order valence-electron chi connectivity index (χ1n) is 6.74. The molecule has 0 bridgehead atoms. The molecule has 0 aliphatic rings. The molecular formula is C14H19N5OS. The number of amides is 1. The number of rotatable bonds is 6. The van der Waals surface area contributed by atoms with E-state index in [-0.39, 0.29) is 11.7 Å². The van der Waals surface area contributed by atoms with Crippen LogP contribution in [0.25, 0.3) is 0 Å². The zero-order valence-electron chi connectivity index (χ0n) is 12.2. The van der Waals surface area contributed by atoms with Gasteiger partial charge in [-0.25, -0.2) is 0 Å². The largest absolute Gasteiger partial charge is 0.325 e. The second kappa shape index (κ2) is 7.24. The lowest BCUT2D eigenvalue weighted by Crippen LogP contribution is -2.14. The lowest BCUT2D eigenvalue weighted by molar-refractivity contribution is -0.113. The van der Waals surface area contributed by atoms with Crippen LogP contribution in [0, 0.1) is 0 Å². The van der Waals surface area contributed by atoms with Crippen LogP contribution < -0.4 is 11.1 Å². The molecule has 3 N–H and O–H groups in total. The van der Waals surface area contributed by atoms with Crippen molar-refractivity contribution in [2.45, 2.75) is 25.0 Å². The topological polar surface area (TPSA) is 85.8 Å². The van der Waals surface area contributed by atoms with Crippen molar-refractivity contribution in [1.29, 1.82) is 0 Å². The molecule has 21 heavy (non-hydrogen) atoms. The van der Waals surface area contributed by atoms with Crippen molar-refractivity contribution in [2.75, 3.05) is 11.1 Å². The Morgan fingerprint density at radius 3 is 2.62 bits per heavy atom. The molecule has 0 radical (unpaired) electrons. The molecule has 1 aromatic carbocycles. The van der Waals surface area contributed by atoms with E-state index in [4.69, 9.17) is 5.73 Å². The quantitative estimate of drug-likeness (QED) is 0.791. The van der Waals surface area contributed by atoms with Crippen molar-refractivity contribution in [3.8, 4) is 0 Å². The summed E-state index contributed by atoms with van der Waals surface area (Å²) in [6.45, 7) is 2.43. The van der Waals surface area contributed by atoms with Gasteiger partial charge >= 0.3 is 0 Å². The Kier molecular flexibility index (Phi) is 5.35. The Bertz CT molecular complexity index is 608. The molecule has 0 saturated carbocycles. The normalized spacial score (nSPS) is 10.6. The zero-order chi connectivity index (χ0) is 15.2. The Balaban J connectivity index is 1.87. The maximum absolute atomic E-state index is 11.9. The van der Waals surface area contributed by atoms with E-state index >= 15 is 0 Å². The van der Waals surface area contributed by atoms with Crippen molar-refractivity contribution in [2.24, 2.45) is 12.8 Å². The van der Waals surface area contributed by atoms with Crippen molar-refractivity contribution < 1.29 is 4.79 Å². The van der Waals surface area contributed by atoms with Crippen molar-refractivity contribution in [1.82, 2.24) is 14.8 Å². The molecule has 1 heterocycles. The fourth-order valence-electron chi connectivity index (χ4n) is 1.80. The summed E-state index contributed by atoms with van der Waals surface area (Å²) in [5, 5.41) is 11.5. The van der Waals surface area contributed by atoms with Gasteiger partial charge in [0.2, 0.25) is 5.91 Å². The summed E-state index contributed by atoms with van der Waals surface area (Å²) in [7, 11) is 1.84. The van der Waals surface area contributed by atoms with Gasteiger partial charge in [-0.3, -0.25) is 4.79 Å². The van der Waals surface area contributed by atoms with Gasteiger partial charge in [-0.1, -0.05) is 30.8 Å². The van der Waals surface area contributed by atoms with E-state index in [9.17, 15) is 4.79 Å². The zero-order valence-corrected chi connectivity index (χ0v) is 13.0. The average molecular weight is 305 g/mol. The number of benzene rings is 1. The molecule has 0 aliphatic carbocycles. The lowest BCUT2D eigenvalue weighted by atomic mass is 10.1. The van der Waals surface area contributed by atoms with Gasteiger partial charge in [0.1, 0.15) is 5.82 Å². The first kappa shape index (κ1) is 15.5. The van der Waals surface area contributed by atoms with E-state index in [0.29, 0.717) is 17.5 Å². The minimum absolute atomic E-state index is 0.0680. The molecule has 0 saturated heterocycles. The van der Waals surface area contributed by atoms with Crippen LogP contribution in [0.2, 0.25) is 0 Å². The first-order chi connectivity index (χ1) is 10.1. The van der Waals surface area contributed by atoms with E-state index in [0.717, 1.165) is 12.1 Å². The van der Waals surface area contributed by atoms with Gasteiger partial charge in [-0.15, -0.1) is 10.2 Å². The Hall–Kier alpha value is -1.86. The summed E-state index contributed by atoms with van der Waals surface area (Å²) in [5.74, 6) is 0.918. The van der Waals surface area contributed by atoms with Gasteiger partial charge in [0.25, 0.3) is 0 Å². The van der Waals surface area contributed by atoms with Gasteiger partial charge in [-0.2, -0.15) is 0 Å². The van der Waals surface area contributed by atoms with Crippen LogP contribution >= 0.6 is 11.8 Å². The van der Waals surface area contributed by atoms with Gasteiger partial charge < -0.3 is 15.6 Å². The summed E-state index contributed by atoms with van der Waals surface area (Å²) in [6.07, 6.45) is 0.986. The third kappa shape index (κ3) is 4.05. The number of aryl methyl sites for hydroxylation is 1. The van der Waals surface area contributed by atoms with Crippen LogP contribution in [0.15, 0.2) is 29.4 Å². The number of carbonyl (C=O) groups excluding carboxylic acids is 1. The molecule has 0 unspecified atom stereocenters. The smallest absolute Gasteiger partial charge is 0.234 e. The molecule has 0 atom stereocenters. The summed E-state index contributed by atoms with van der Waals surface area (Å²) in [6, 6.07) is 7.85. The molecule has 7 heteroatoms. The predicted molar refractivity (Wildman–Crippen MR) is 84.1 cm³/mol. The maximum Gasteiger partial charge on any atom is 0.234 e. The van der Waals surface area contributed by atoms with E-state index in [1.807, 2.05) is 31.3 Å². The molecule has 1 aromatic heterocycles. The second-order valence-corrected chi connectivity index (χ2v) is 5.49.